The van der Waals surface area contributed by atoms with Gasteiger partial charge < -0.3 is 14.8 Å². The van der Waals surface area contributed by atoms with Crippen molar-refractivity contribution < 1.29 is 14.3 Å². The van der Waals surface area contributed by atoms with Crippen molar-refractivity contribution in [3.63, 3.8) is 0 Å². The fourth-order valence-corrected chi connectivity index (χ4v) is 4.27. The van der Waals surface area contributed by atoms with Gasteiger partial charge in [-0.05, 0) is 51.7 Å². The second-order valence-corrected chi connectivity index (χ2v) is 7.83. The lowest BCUT2D eigenvalue weighted by Crippen LogP contribution is -2.45. The Morgan fingerprint density at radius 3 is 2.33 bits per heavy atom. The molecule has 1 aliphatic heterocycles. The summed E-state index contributed by atoms with van der Waals surface area (Å²) < 4.78 is 11.9. The zero-order chi connectivity index (χ0) is 21.1. The van der Waals surface area contributed by atoms with E-state index in [0.29, 0.717) is 12.4 Å². The van der Waals surface area contributed by atoms with Crippen LogP contribution in [0.15, 0.2) is 83.3 Å². The topological polar surface area (TPSA) is 47.6 Å². The molecule has 5 heteroatoms. The number of hydrogen-bond donors (Lipinski definition) is 1. The van der Waals surface area contributed by atoms with Crippen molar-refractivity contribution in [1.82, 2.24) is 0 Å². The van der Waals surface area contributed by atoms with Gasteiger partial charge in [-0.2, -0.15) is 0 Å². The van der Waals surface area contributed by atoms with Crippen LogP contribution in [0, 0.1) is 0 Å². The highest BCUT2D eigenvalue weighted by atomic mass is 79.9. The molecule has 1 N–H and O–H groups in total. The Morgan fingerprint density at radius 1 is 1.03 bits per heavy atom. The molecule has 1 heterocycles. The van der Waals surface area contributed by atoms with Crippen molar-refractivity contribution >= 4 is 33.2 Å². The Hall–Kier alpha value is -3.05. The highest BCUT2D eigenvalue weighted by molar-refractivity contribution is 9.10. The SMILES string of the molecule is CCOC(=O)C1(c2ccccc2)C=C(c2ccccc2)c2cc(Br)c(OC)cc2N1. The summed E-state index contributed by atoms with van der Waals surface area (Å²) in [5, 5.41) is 3.46. The predicted molar refractivity (Wildman–Crippen MR) is 123 cm³/mol. The van der Waals surface area contributed by atoms with Crippen LogP contribution in [0.25, 0.3) is 5.57 Å². The number of anilines is 1. The van der Waals surface area contributed by atoms with Crippen LogP contribution in [0.5, 0.6) is 5.75 Å². The molecule has 3 aromatic rings. The zero-order valence-corrected chi connectivity index (χ0v) is 18.4. The van der Waals surface area contributed by atoms with Gasteiger partial charge in [0.15, 0.2) is 5.54 Å². The van der Waals surface area contributed by atoms with Crippen LogP contribution in [0.1, 0.15) is 23.6 Å². The maximum Gasteiger partial charge on any atom is 0.340 e. The Morgan fingerprint density at radius 2 is 1.70 bits per heavy atom. The molecular formula is C25H22BrNO3. The summed E-state index contributed by atoms with van der Waals surface area (Å²) >= 11 is 3.59. The standard InChI is InChI=1S/C25H22BrNO3/c1-3-30-24(28)25(18-12-8-5-9-13-18)16-20(17-10-6-4-7-11-17)19-14-21(26)23(29-2)15-22(19)27-25/h4-16,27H,3H2,1-2H3. The summed E-state index contributed by atoms with van der Waals surface area (Å²) in [4.78, 5) is 13.4. The first kappa shape index (κ1) is 20.2. The molecule has 0 aliphatic carbocycles. The molecule has 1 aliphatic rings. The summed E-state index contributed by atoms with van der Waals surface area (Å²) in [6.45, 7) is 2.11. The van der Waals surface area contributed by atoms with Crippen LogP contribution in [-0.4, -0.2) is 19.7 Å². The van der Waals surface area contributed by atoms with E-state index in [2.05, 4.69) is 21.2 Å². The van der Waals surface area contributed by atoms with Crippen LogP contribution in [0.4, 0.5) is 5.69 Å². The minimum Gasteiger partial charge on any atom is -0.495 e. The average molecular weight is 464 g/mol. The summed E-state index contributed by atoms with van der Waals surface area (Å²) in [6, 6.07) is 23.6. The number of methoxy groups -OCH3 is 1. The highest BCUT2D eigenvalue weighted by Gasteiger charge is 2.43. The van der Waals surface area contributed by atoms with Crippen molar-refractivity contribution in [2.45, 2.75) is 12.5 Å². The second-order valence-electron chi connectivity index (χ2n) is 6.98. The third-order valence-electron chi connectivity index (χ3n) is 5.19. The van der Waals surface area contributed by atoms with E-state index in [-0.39, 0.29) is 5.97 Å². The molecule has 0 radical (unpaired) electrons. The van der Waals surface area contributed by atoms with Crippen molar-refractivity contribution in [2.75, 3.05) is 19.0 Å². The van der Waals surface area contributed by atoms with E-state index >= 15 is 0 Å². The Balaban J connectivity index is 2.02. The van der Waals surface area contributed by atoms with Gasteiger partial charge in [0.05, 0.1) is 18.2 Å². The van der Waals surface area contributed by atoms with E-state index < -0.39 is 5.54 Å². The Labute approximate surface area is 184 Å². The van der Waals surface area contributed by atoms with E-state index in [9.17, 15) is 4.79 Å². The lowest BCUT2D eigenvalue weighted by Gasteiger charge is -2.37. The van der Waals surface area contributed by atoms with Gasteiger partial charge in [-0.3, -0.25) is 0 Å². The lowest BCUT2D eigenvalue weighted by molar-refractivity contribution is -0.147. The molecule has 1 unspecified atom stereocenters. The number of halogens is 1. The molecule has 0 spiro atoms. The van der Waals surface area contributed by atoms with Crippen molar-refractivity contribution in [3.05, 3.63) is 100 Å². The quantitative estimate of drug-likeness (QED) is 0.487. The lowest BCUT2D eigenvalue weighted by atomic mass is 9.80. The fraction of sp³-hybridized carbons (Fsp3) is 0.160. The monoisotopic (exact) mass is 463 g/mol. The van der Waals surface area contributed by atoms with E-state index in [4.69, 9.17) is 9.47 Å². The number of ether oxygens (including phenoxy) is 2. The van der Waals surface area contributed by atoms with Crippen LogP contribution >= 0.6 is 15.9 Å². The van der Waals surface area contributed by atoms with Crippen molar-refractivity contribution in [3.8, 4) is 5.75 Å². The molecule has 3 aromatic carbocycles. The first-order valence-electron chi connectivity index (χ1n) is 9.76. The van der Waals surface area contributed by atoms with Gasteiger partial charge in [0.25, 0.3) is 0 Å². The maximum atomic E-state index is 13.4. The predicted octanol–water partition coefficient (Wildman–Crippen LogP) is 5.77. The molecule has 4 nitrogen and oxygen atoms in total. The number of esters is 1. The van der Waals surface area contributed by atoms with Crippen LogP contribution in [0.3, 0.4) is 0 Å². The van der Waals surface area contributed by atoms with Crippen LogP contribution < -0.4 is 10.1 Å². The largest absolute Gasteiger partial charge is 0.495 e. The molecule has 0 saturated heterocycles. The molecule has 1 atom stereocenters. The Kier molecular flexibility index (Phi) is 5.64. The number of benzene rings is 3. The molecule has 0 fully saturated rings. The highest BCUT2D eigenvalue weighted by Crippen LogP contribution is 2.45. The zero-order valence-electron chi connectivity index (χ0n) is 16.8. The van der Waals surface area contributed by atoms with Crippen molar-refractivity contribution in [1.29, 1.82) is 0 Å². The first-order chi connectivity index (χ1) is 14.6. The smallest absolute Gasteiger partial charge is 0.340 e. The molecule has 0 bridgehead atoms. The van der Waals surface area contributed by atoms with Gasteiger partial charge in [-0.25, -0.2) is 4.79 Å². The molecule has 0 saturated carbocycles. The molecule has 152 valence electrons. The number of carbonyl (C=O) groups excluding carboxylic acids is 1. The van der Waals surface area contributed by atoms with Gasteiger partial charge in [0, 0.05) is 17.3 Å². The van der Waals surface area contributed by atoms with Gasteiger partial charge in [0.1, 0.15) is 5.75 Å². The average Bonchev–Trinajstić information content (AvgIpc) is 2.79. The first-order valence-corrected chi connectivity index (χ1v) is 10.6. The molecule has 0 aromatic heterocycles. The number of nitrogens with one attached hydrogen (secondary N) is 1. The minimum atomic E-state index is -1.16. The summed E-state index contributed by atoms with van der Waals surface area (Å²) in [5.41, 5.74) is 3.39. The number of carbonyl (C=O) groups is 1. The van der Waals surface area contributed by atoms with E-state index in [1.807, 2.05) is 85.8 Å². The van der Waals surface area contributed by atoms with Crippen LogP contribution in [0.2, 0.25) is 0 Å². The van der Waals surface area contributed by atoms with Gasteiger partial charge >= 0.3 is 5.97 Å². The third kappa shape index (κ3) is 3.50. The minimum absolute atomic E-state index is 0.292. The summed E-state index contributed by atoms with van der Waals surface area (Å²) in [7, 11) is 1.62. The van der Waals surface area contributed by atoms with Gasteiger partial charge in [0.2, 0.25) is 0 Å². The number of fused-ring (bicyclic) bond motifs is 1. The van der Waals surface area contributed by atoms with Gasteiger partial charge in [-0.15, -0.1) is 0 Å². The molecule has 30 heavy (non-hydrogen) atoms. The summed E-state index contributed by atoms with van der Waals surface area (Å²) in [6.07, 6.45) is 1.97. The molecular weight excluding hydrogens is 442 g/mol. The number of hydrogen-bond acceptors (Lipinski definition) is 4. The fourth-order valence-electron chi connectivity index (χ4n) is 3.76. The summed E-state index contributed by atoms with van der Waals surface area (Å²) in [5.74, 6) is 0.332. The third-order valence-corrected chi connectivity index (χ3v) is 5.81. The normalized spacial score (nSPS) is 17.4. The van der Waals surface area contributed by atoms with E-state index in [1.165, 1.54) is 0 Å². The molecule has 4 rings (SSSR count). The van der Waals surface area contributed by atoms with Crippen LogP contribution in [-0.2, 0) is 15.1 Å². The van der Waals surface area contributed by atoms with Gasteiger partial charge in [-0.1, -0.05) is 60.7 Å². The van der Waals surface area contributed by atoms with Crippen molar-refractivity contribution in [2.24, 2.45) is 0 Å². The number of rotatable bonds is 5. The maximum absolute atomic E-state index is 13.4. The van der Waals surface area contributed by atoms with E-state index in [0.717, 1.165) is 32.4 Å². The Bertz CT molecular complexity index is 1100. The molecule has 0 amide bonds. The van der Waals surface area contributed by atoms with E-state index in [1.54, 1.807) is 7.11 Å². The second kappa shape index (κ2) is 8.36.